The number of azo groups is 1. The van der Waals surface area contributed by atoms with Gasteiger partial charge in [-0.15, -0.1) is 10.2 Å². The van der Waals surface area contributed by atoms with Crippen LogP contribution in [0.5, 0.6) is 0 Å². The number of nitrogens with one attached hydrogen (secondary N) is 1. The van der Waals surface area contributed by atoms with Gasteiger partial charge in [0.1, 0.15) is 0 Å². The molecule has 0 spiro atoms. The topological polar surface area (TPSA) is 106 Å². The van der Waals surface area contributed by atoms with E-state index in [0.717, 1.165) is 30.4 Å². The minimum Gasteiger partial charge on any atom is -0.382 e. The number of aromatic nitrogens is 4. The molecule has 0 bridgehead atoms. The molecular weight excluding hydrogens is 282 g/mol. The van der Waals surface area contributed by atoms with Crippen LogP contribution in [0.25, 0.3) is 11.0 Å². The Kier molecular flexibility index (Phi) is 2.81. The molecule has 3 aromatic rings. The molecule has 2 aromatic heterocycles. The summed E-state index contributed by atoms with van der Waals surface area (Å²) in [6.45, 7) is 1.41. The summed E-state index contributed by atoms with van der Waals surface area (Å²) in [6, 6.07) is 7.59. The van der Waals surface area contributed by atoms with Gasteiger partial charge in [-0.3, -0.25) is 9.48 Å². The number of anilines is 1. The number of hydrogen-bond donors (Lipinski definition) is 2. The van der Waals surface area contributed by atoms with Gasteiger partial charge in [0.2, 0.25) is 5.95 Å². The maximum atomic E-state index is 12.3. The summed E-state index contributed by atoms with van der Waals surface area (Å²) < 4.78 is 3.41. The molecule has 22 heavy (non-hydrogen) atoms. The Hall–Kier alpha value is -2.90. The molecule has 0 radical (unpaired) electrons. The summed E-state index contributed by atoms with van der Waals surface area (Å²) in [5.41, 5.74) is 7.68. The van der Waals surface area contributed by atoms with Crippen molar-refractivity contribution >= 4 is 28.5 Å². The summed E-state index contributed by atoms with van der Waals surface area (Å²) in [7, 11) is 0. The lowest BCUT2D eigenvalue weighted by molar-refractivity contribution is 0.360. The molecule has 0 unspecified atom stereocenters. The van der Waals surface area contributed by atoms with Gasteiger partial charge in [-0.2, -0.15) is 0 Å². The second kappa shape index (κ2) is 4.83. The first-order chi connectivity index (χ1) is 10.7. The lowest BCUT2D eigenvalue weighted by atomic mass is 10.3. The number of benzene rings is 1. The Morgan fingerprint density at radius 2 is 1.91 bits per heavy atom. The number of rotatable bonds is 2. The summed E-state index contributed by atoms with van der Waals surface area (Å²) in [6.07, 6.45) is 1.99. The lowest BCUT2D eigenvalue weighted by Gasteiger charge is -2.17. The van der Waals surface area contributed by atoms with Crippen LogP contribution in [-0.4, -0.2) is 19.3 Å². The maximum absolute atomic E-state index is 12.3. The number of nitrogens with two attached hydrogens (primary N) is 1. The molecule has 8 heteroatoms. The molecule has 1 aliphatic rings. The molecule has 0 fully saturated rings. The first-order valence-corrected chi connectivity index (χ1v) is 7.19. The van der Waals surface area contributed by atoms with Crippen molar-refractivity contribution in [3.8, 4) is 0 Å². The van der Waals surface area contributed by atoms with Gasteiger partial charge in [0.05, 0.1) is 11.0 Å². The predicted molar refractivity (Wildman–Crippen MR) is 82.6 cm³/mol. The van der Waals surface area contributed by atoms with E-state index in [0.29, 0.717) is 18.3 Å². The normalized spacial score (nSPS) is 14.7. The molecular formula is C14H15N7O. The first-order valence-electron chi connectivity index (χ1n) is 7.19. The van der Waals surface area contributed by atoms with Gasteiger partial charge >= 0.3 is 0 Å². The van der Waals surface area contributed by atoms with Crippen LogP contribution in [-0.2, 0) is 13.1 Å². The highest BCUT2D eigenvalue weighted by Crippen LogP contribution is 2.24. The smallest absolute Gasteiger partial charge is 0.296 e. The summed E-state index contributed by atoms with van der Waals surface area (Å²) in [4.78, 5) is 19.6. The fourth-order valence-corrected chi connectivity index (χ4v) is 2.76. The number of imidazole rings is 1. The van der Waals surface area contributed by atoms with Crippen LogP contribution in [0.4, 0.5) is 17.5 Å². The van der Waals surface area contributed by atoms with Gasteiger partial charge in [0, 0.05) is 13.1 Å². The molecule has 4 rings (SSSR count). The van der Waals surface area contributed by atoms with Crippen molar-refractivity contribution in [2.24, 2.45) is 10.2 Å². The molecule has 1 aromatic carbocycles. The molecule has 1 aliphatic heterocycles. The van der Waals surface area contributed by atoms with Crippen LogP contribution >= 0.6 is 0 Å². The molecule has 3 N–H and O–H groups in total. The predicted octanol–water partition coefficient (Wildman–Crippen LogP) is 2.32. The number of nitrogen functional groups attached to an aromatic ring is 1. The van der Waals surface area contributed by atoms with Crippen LogP contribution in [0.3, 0.4) is 0 Å². The van der Waals surface area contributed by atoms with E-state index >= 15 is 0 Å². The highest BCUT2D eigenvalue weighted by molar-refractivity contribution is 5.76. The molecule has 8 nitrogen and oxygen atoms in total. The van der Waals surface area contributed by atoms with Gasteiger partial charge in [-0.05, 0) is 25.0 Å². The molecule has 112 valence electrons. The van der Waals surface area contributed by atoms with E-state index in [4.69, 9.17) is 5.73 Å². The zero-order valence-electron chi connectivity index (χ0n) is 11.9. The van der Waals surface area contributed by atoms with Crippen LogP contribution in [0.1, 0.15) is 12.8 Å². The Labute approximate surface area is 125 Å². The fraction of sp³-hybridized carbons (Fsp3) is 0.286. The van der Waals surface area contributed by atoms with Crippen LogP contribution in [0, 0.1) is 0 Å². The van der Waals surface area contributed by atoms with Gasteiger partial charge in [0.25, 0.3) is 5.56 Å². The molecule has 0 atom stereocenters. The van der Waals surface area contributed by atoms with Crippen molar-refractivity contribution in [1.82, 2.24) is 19.3 Å². The molecule has 0 saturated carbocycles. The highest BCUT2D eigenvalue weighted by Gasteiger charge is 2.20. The average molecular weight is 297 g/mol. The second-order valence-corrected chi connectivity index (χ2v) is 5.27. The molecule has 0 amide bonds. The monoisotopic (exact) mass is 297 g/mol. The first kappa shape index (κ1) is 12.8. The minimum atomic E-state index is -0.197. The van der Waals surface area contributed by atoms with Crippen LogP contribution in [0.2, 0.25) is 0 Å². The fourth-order valence-electron chi connectivity index (χ4n) is 2.76. The van der Waals surface area contributed by atoms with Crippen molar-refractivity contribution in [2.45, 2.75) is 25.9 Å². The third-order valence-corrected chi connectivity index (χ3v) is 3.86. The Bertz CT molecular complexity index is 897. The lowest BCUT2D eigenvalue weighted by Crippen LogP contribution is -2.27. The maximum Gasteiger partial charge on any atom is 0.296 e. The van der Waals surface area contributed by atoms with Gasteiger partial charge in [-0.25, -0.2) is 9.67 Å². The average Bonchev–Trinajstić information content (AvgIpc) is 3.06. The number of H-pyrrole nitrogens is 1. The van der Waals surface area contributed by atoms with Gasteiger partial charge in [-0.1, -0.05) is 12.1 Å². The molecule has 3 heterocycles. The van der Waals surface area contributed by atoms with E-state index in [2.05, 4.69) is 20.2 Å². The summed E-state index contributed by atoms with van der Waals surface area (Å²) in [5, 5.41) is 8.06. The number of para-hydroxylation sites is 2. The standard InChI is InChI=1S/C14H15N7O/c15-12-11(13(22)21-8-4-3-7-20(12)21)18-19-14-16-9-5-1-2-6-10(9)17-14/h1-2,5-6H,3-4,7-8,15H2,(H,16,17)/b19-18+. The Balaban J connectivity index is 1.74. The van der Waals surface area contributed by atoms with E-state index in [1.54, 1.807) is 9.36 Å². The highest BCUT2D eigenvalue weighted by atomic mass is 16.1. The van der Waals surface area contributed by atoms with E-state index in [1.165, 1.54) is 0 Å². The van der Waals surface area contributed by atoms with E-state index in [-0.39, 0.29) is 11.2 Å². The quantitative estimate of drug-likeness (QED) is 0.709. The van der Waals surface area contributed by atoms with E-state index < -0.39 is 0 Å². The zero-order valence-corrected chi connectivity index (χ0v) is 11.9. The van der Waals surface area contributed by atoms with Gasteiger partial charge < -0.3 is 10.7 Å². The van der Waals surface area contributed by atoms with Crippen LogP contribution in [0.15, 0.2) is 39.3 Å². The van der Waals surface area contributed by atoms with Crippen molar-refractivity contribution < 1.29 is 0 Å². The van der Waals surface area contributed by atoms with Crippen molar-refractivity contribution in [1.29, 1.82) is 0 Å². The Morgan fingerprint density at radius 1 is 1.14 bits per heavy atom. The zero-order chi connectivity index (χ0) is 15.1. The molecule has 0 saturated heterocycles. The second-order valence-electron chi connectivity index (χ2n) is 5.27. The number of aromatic amines is 1. The summed E-state index contributed by atoms with van der Waals surface area (Å²) in [5.74, 6) is 0.721. The minimum absolute atomic E-state index is 0.183. The van der Waals surface area contributed by atoms with Crippen molar-refractivity contribution in [3.63, 3.8) is 0 Å². The number of fused-ring (bicyclic) bond motifs is 2. The third kappa shape index (κ3) is 1.92. The van der Waals surface area contributed by atoms with E-state index in [1.807, 2.05) is 24.3 Å². The number of nitrogens with zero attached hydrogens (tertiary/aromatic N) is 5. The summed E-state index contributed by atoms with van der Waals surface area (Å²) >= 11 is 0. The SMILES string of the molecule is Nc1c(/N=N/c2nc3ccccc3[nH]2)c(=O)n2n1CCCC2. The largest absolute Gasteiger partial charge is 0.382 e. The number of hydrogen-bond acceptors (Lipinski definition) is 5. The van der Waals surface area contributed by atoms with Gasteiger partial charge in [0.15, 0.2) is 11.5 Å². The van der Waals surface area contributed by atoms with Crippen LogP contribution < -0.4 is 11.3 Å². The Morgan fingerprint density at radius 3 is 2.68 bits per heavy atom. The van der Waals surface area contributed by atoms with E-state index in [9.17, 15) is 4.79 Å². The molecule has 0 aliphatic carbocycles. The van der Waals surface area contributed by atoms with Crippen molar-refractivity contribution in [3.05, 3.63) is 34.6 Å². The van der Waals surface area contributed by atoms with Crippen molar-refractivity contribution in [2.75, 3.05) is 5.73 Å². The third-order valence-electron chi connectivity index (χ3n) is 3.86.